The van der Waals surface area contributed by atoms with Gasteiger partial charge < -0.3 is 25.7 Å². The number of aromatic hydroxyl groups is 1. The number of likely N-dealkylation sites (tertiary alicyclic amines) is 1. The zero-order valence-corrected chi connectivity index (χ0v) is 22.6. The molecule has 1 unspecified atom stereocenters. The molecule has 3 rings (SSSR count). The maximum atomic E-state index is 13.4. The average molecular weight is 581 g/mol. The average Bonchev–Trinajstić information content (AvgIpc) is 2.91. The molecule has 0 aromatic heterocycles. The molecule has 2 aliphatic heterocycles. The Hall–Kier alpha value is -4.47. The summed E-state index contributed by atoms with van der Waals surface area (Å²) >= 11 is 0. The molecule has 0 spiro atoms. The molecule has 1 aromatic carbocycles. The molecule has 6 amide bonds. The first kappa shape index (κ1) is 28.5. The largest absolute Gasteiger partial charge is 0.508 e. The highest BCUT2D eigenvalue weighted by molar-refractivity contribution is 7.91. The summed E-state index contributed by atoms with van der Waals surface area (Å²) in [5.74, 6) is -6.04. The predicted octanol–water partition coefficient (Wildman–Crippen LogP) is -1.09. The second-order valence-corrected chi connectivity index (χ2v) is 11.3. The monoisotopic (exact) mass is 580 g/mol. The molecule has 16 heteroatoms. The summed E-state index contributed by atoms with van der Waals surface area (Å²) in [5.41, 5.74) is -0.736. The molecule has 3 atom stereocenters. The van der Waals surface area contributed by atoms with E-state index in [-0.39, 0.29) is 36.5 Å². The van der Waals surface area contributed by atoms with Gasteiger partial charge in [-0.25, -0.2) is 18.0 Å². The highest BCUT2D eigenvalue weighted by atomic mass is 32.2. The van der Waals surface area contributed by atoms with Gasteiger partial charge in [0.25, 0.3) is 5.91 Å². The number of likely N-dealkylation sites (N-methyl/N-ethyl adjacent to an activating group) is 1. The number of phenols is 1. The Morgan fingerprint density at radius 1 is 1.12 bits per heavy atom. The number of β-lactam (4-membered cyclic amide) rings is 1. The zero-order chi connectivity index (χ0) is 30.8. The normalized spacial score (nSPS) is 21.2. The van der Waals surface area contributed by atoms with Gasteiger partial charge in [0.1, 0.15) is 23.5 Å². The van der Waals surface area contributed by atoms with Gasteiger partial charge >= 0.3 is 23.8 Å². The summed E-state index contributed by atoms with van der Waals surface area (Å²) in [6.07, 6.45) is 0.740. The Bertz CT molecular complexity index is 1430. The third-order valence-corrected chi connectivity index (χ3v) is 7.68. The van der Waals surface area contributed by atoms with Gasteiger partial charge in [-0.1, -0.05) is 12.1 Å². The SMILES string of the molecule is [2H]CC(C)=C(C(=O)O)N1C(=O)[C@@H](NC(=O)C(NC(=O)N2CCN(CC)C(=O)C2=O)c2ccc(O)cc2)[C@H]1S(C)(=O)=O. The van der Waals surface area contributed by atoms with Crippen molar-refractivity contribution in [2.45, 2.75) is 38.2 Å². The summed E-state index contributed by atoms with van der Waals surface area (Å²) in [5, 5.41) is 22.0. The number of carbonyl (C=O) groups excluding carboxylic acids is 5. The minimum atomic E-state index is -4.20. The minimum Gasteiger partial charge on any atom is -0.508 e. The first-order chi connectivity index (χ1) is 19.1. The molecule has 216 valence electrons. The highest BCUT2D eigenvalue weighted by Gasteiger charge is 2.57. The van der Waals surface area contributed by atoms with Crippen molar-refractivity contribution < 1.29 is 48.8 Å². The topological polar surface area (TPSA) is 211 Å². The number of carboxylic acid groups (broad SMARTS) is 1. The molecule has 1 aromatic rings. The number of nitrogens with one attached hydrogen (secondary N) is 2. The van der Waals surface area contributed by atoms with Crippen LogP contribution in [-0.2, 0) is 33.8 Å². The smallest absolute Gasteiger partial charge is 0.352 e. The van der Waals surface area contributed by atoms with E-state index in [1.165, 1.54) is 36.1 Å². The van der Waals surface area contributed by atoms with Crippen molar-refractivity contribution in [3.8, 4) is 5.75 Å². The number of carboxylic acids is 1. The first-order valence-electron chi connectivity index (χ1n) is 12.6. The van der Waals surface area contributed by atoms with Crippen LogP contribution in [0.1, 0.15) is 33.7 Å². The Kier molecular flexibility index (Phi) is 8.08. The number of rotatable bonds is 8. The molecule has 40 heavy (non-hydrogen) atoms. The third kappa shape index (κ3) is 5.75. The number of carbonyl (C=O) groups is 6. The number of hydrogen-bond acceptors (Lipinski definition) is 9. The second kappa shape index (κ2) is 11.3. The van der Waals surface area contributed by atoms with Gasteiger partial charge in [-0.3, -0.25) is 29.0 Å². The van der Waals surface area contributed by atoms with Crippen LogP contribution in [0.25, 0.3) is 0 Å². The van der Waals surface area contributed by atoms with Crippen molar-refractivity contribution in [3.63, 3.8) is 0 Å². The number of amides is 6. The number of hydrogen-bond donors (Lipinski definition) is 4. The molecule has 2 aliphatic rings. The number of urea groups is 1. The second-order valence-electron chi connectivity index (χ2n) is 9.16. The van der Waals surface area contributed by atoms with E-state index >= 15 is 0 Å². The van der Waals surface area contributed by atoms with Crippen LogP contribution < -0.4 is 10.6 Å². The van der Waals surface area contributed by atoms with Crippen LogP contribution in [0.2, 0.25) is 0 Å². The molecule has 2 heterocycles. The van der Waals surface area contributed by atoms with Gasteiger partial charge in [-0.05, 0) is 44.0 Å². The van der Waals surface area contributed by atoms with Gasteiger partial charge in [-0.15, -0.1) is 0 Å². The van der Waals surface area contributed by atoms with Crippen LogP contribution in [0.15, 0.2) is 35.5 Å². The van der Waals surface area contributed by atoms with E-state index in [2.05, 4.69) is 10.6 Å². The molecule has 0 aliphatic carbocycles. The number of sulfone groups is 1. The quantitative estimate of drug-likeness (QED) is 0.166. The highest BCUT2D eigenvalue weighted by Crippen LogP contribution is 2.31. The van der Waals surface area contributed by atoms with Crippen molar-refractivity contribution in [1.82, 2.24) is 25.3 Å². The number of imide groups is 1. The molecule has 0 bridgehead atoms. The van der Waals surface area contributed by atoms with Crippen molar-refractivity contribution >= 4 is 45.5 Å². The fourth-order valence-electron chi connectivity index (χ4n) is 4.34. The molecule has 15 nitrogen and oxygen atoms in total. The summed E-state index contributed by atoms with van der Waals surface area (Å²) in [6.45, 7) is 2.50. The van der Waals surface area contributed by atoms with E-state index in [4.69, 9.17) is 1.37 Å². The van der Waals surface area contributed by atoms with E-state index < -0.39 is 75.5 Å². The van der Waals surface area contributed by atoms with Crippen LogP contribution in [0.3, 0.4) is 0 Å². The van der Waals surface area contributed by atoms with Gasteiger partial charge in [0, 0.05) is 27.3 Å². The molecule has 0 saturated carbocycles. The summed E-state index contributed by atoms with van der Waals surface area (Å²) < 4.78 is 32.6. The maximum Gasteiger partial charge on any atom is 0.352 e. The van der Waals surface area contributed by atoms with Crippen molar-refractivity contribution in [2.24, 2.45) is 0 Å². The molecule has 0 radical (unpaired) electrons. The molecular formula is C24H29N5O10S. The first-order valence-corrected chi connectivity index (χ1v) is 13.8. The van der Waals surface area contributed by atoms with Crippen molar-refractivity contribution in [1.29, 1.82) is 0 Å². The molecular weight excluding hydrogens is 550 g/mol. The number of phenolic OH excluding ortho intramolecular Hbond substituents is 1. The number of allylic oxidation sites excluding steroid dienone is 1. The summed E-state index contributed by atoms with van der Waals surface area (Å²) in [7, 11) is -4.20. The Balaban J connectivity index is 1.92. The van der Waals surface area contributed by atoms with Gasteiger partial charge in [0.2, 0.25) is 5.91 Å². The van der Waals surface area contributed by atoms with Gasteiger partial charge in [0.15, 0.2) is 15.2 Å². The number of nitrogens with zero attached hydrogens (tertiary/aromatic N) is 3. The van der Waals surface area contributed by atoms with Crippen LogP contribution in [0, 0.1) is 0 Å². The van der Waals surface area contributed by atoms with Gasteiger partial charge in [0.05, 0.1) is 0 Å². The molecule has 4 N–H and O–H groups in total. The van der Waals surface area contributed by atoms with E-state index in [0.717, 1.165) is 6.26 Å². The molecule has 2 fully saturated rings. The standard InChI is InChI=1S/C24H29N5O10S/c1-5-27-10-11-28(21(34)20(27)33)24(37)26-15(13-6-8-14(30)9-7-13)18(31)25-16-19(32)29(22(16)40(4,38)39)17(12(2)3)23(35)36/h6-9,15-16,22,30H,5,10-11H2,1-4H3,(H,25,31)(H,26,37)(H,35,36)/t15?,16-,22-/m1/s1/i2D. The fourth-order valence-corrected chi connectivity index (χ4v) is 5.61. The summed E-state index contributed by atoms with van der Waals surface area (Å²) in [6, 6.07) is 0.399. The minimum absolute atomic E-state index is 0.0597. The van der Waals surface area contributed by atoms with Crippen molar-refractivity contribution in [2.75, 3.05) is 25.9 Å². The lowest BCUT2D eigenvalue weighted by atomic mass is 10.0. The lowest BCUT2D eigenvalue weighted by Gasteiger charge is -2.46. The van der Waals surface area contributed by atoms with E-state index in [0.29, 0.717) is 9.80 Å². The van der Waals surface area contributed by atoms with E-state index in [1.807, 2.05) is 0 Å². The predicted molar refractivity (Wildman–Crippen MR) is 137 cm³/mol. The molecule has 2 saturated heterocycles. The summed E-state index contributed by atoms with van der Waals surface area (Å²) in [4.78, 5) is 78.3. The third-order valence-electron chi connectivity index (χ3n) is 6.32. The van der Waals surface area contributed by atoms with Crippen molar-refractivity contribution in [3.05, 3.63) is 41.1 Å². The van der Waals surface area contributed by atoms with Crippen LogP contribution >= 0.6 is 0 Å². The maximum absolute atomic E-state index is 13.4. The zero-order valence-electron chi connectivity index (χ0n) is 22.8. The van der Waals surface area contributed by atoms with Crippen LogP contribution in [0.4, 0.5) is 4.79 Å². The number of benzene rings is 1. The Morgan fingerprint density at radius 2 is 1.75 bits per heavy atom. The lowest BCUT2D eigenvalue weighted by molar-refractivity contribution is -0.153. The number of piperazine rings is 1. The van der Waals surface area contributed by atoms with E-state index in [9.17, 15) is 47.4 Å². The van der Waals surface area contributed by atoms with Crippen LogP contribution in [-0.4, -0.2) is 106 Å². The van der Waals surface area contributed by atoms with E-state index in [1.54, 1.807) is 6.92 Å². The van der Waals surface area contributed by atoms with Crippen LogP contribution in [0.5, 0.6) is 5.75 Å². The Labute approximate surface area is 230 Å². The number of aliphatic carboxylic acids is 1. The lowest BCUT2D eigenvalue weighted by Crippen LogP contribution is -2.73. The fraction of sp³-hybridized carbons (Fsp3) is 0.417. The van der Waals surface area contributed by atoms with Gasteiger partial charge in [-0.2, -0.15) is 0 Å². The Morgan fingerprint density at radius 3 is 2.27 bits per heavy atom.